The van der Waals surface area contributed by atoms with Gasteiger partial charge in [0, 0.05) is 18.8 Å². The number of carbonyl (C=O) groups is 1. The third-order valence-electron chi connectivity index (χ3n) is 4.69. The molecule has 4 rings (SSSR count). The van der Waals surface area contributed by atoms with Gasteiger partial charge in [-0.2, -0.15) is 9.61 Å². The summed E-state index contributed by atoms with van der Waals surface area (Å²) in [5.41, 5.74) is 4.36. The Morgan fingerprint density at radius 3 is 2.96 bits per heavy atom. The van der Waals surface area contributed by atoms with Crippen LogP contribution in [-0.4, -0.2) is 43.7 Å². The molecule has 1 amide bonds. The second kappa shape index (κ2) is 6.25. The molecule has 0 saturated heterocycles. The normalized spacial score (nSPS) is 14.5. The molecule has 0 fully saturated rings. The first-order valence-corrected chi connectivity index (χ1v) is 8.49. The zero-order valence-electron chi connectivity index (χ0n) is 14.4. The van der Waals surface area contributed by atoms with E-state index in [0.717, 1.165) is 31.7 Å². The van der Waals surface area contributed by atoms with E-state index in [-0.39, 0.29) is 5.91 Å². The molecule has 1 aromatic carbocycles. The van der Waals surface area contributed by atoms with Gasteiger partial charge in [-0.3, -0.25) is 9.69 Å². The smallest absolute Gasteiger partial charge is 0.276 e. The Morgan fingerprint density at radius 2 is 2.12 bits per heavy atom. The van der Waals surface area contributed by atoms with E-state index >= 15 is 0 Å². The first-order chi connectivity index (χ1) is 12.2. The molecule has 128 valence electrons. The number of hydrogen-bond acceptors (Lipinski definition) is 5. The number of amides is 1. The van der Waals surface area contributed by atoms with Crippen molar-refractivity contribution in [3.8, 4) is 0 Å². The molecule has 0 radical (unpaired) electrons. The van der Waals surface area contributed by atoms with Gasteiger partial charge in [-0.15, -0.1) is 10.2 Å². The number of rotatable bonds is 3. The van der Waals surface area contributed by atoms with Gasteiger partial charge in [0.25, 0.3) is 5.91 Å². The van der Waals surface area contributed by atoms with E-state index in [1.54, 1.807) is 16.6 Å². The molecule has 3 aromatic rings. The maximum atomic E-state index is 12.7. The monoisotopic (exact) mass is 336 g/mol. The van der Waals surface area contributed by atoms with Gasteiger partial charge in [-0.25, -0.2) is 0 Å². The number of anilines is 1. The Balaban J connectivity index is 1.61. The quantitative estimate of drug-likeness (QED) is 0.792. The van der Waals surface area contributed by atoms with Crippen LogP contribution in [0, 0.1) is 6.92 Å². The van der Waals surface area contributed by atoms with Gasteiger partial charge in [0.2, 0.25) is 0 Å². The Morgan fingerprint density at radius 1 is 1.24 bits per heavy atom. The van der Waals surface area contributed by atoms with Crippen LogP contribution in [0.2, 0.25) is 0 Å². The number of aromatic nitrogens is 4. The summed E-state index contributed by atoms with van der Waals surface area (Å²) in [6, 6.07) is 9.52. The Bertz CT molecular complexity index is 948. The van der Waals surface area contributed by atoms with Crippen molar-refractivity contribution in [1.82, 2.24) is 24.7 Å². The summed E-state index contributed by atoms with van der Waals surface area (Å²) >= 11 is 0. The van der Waals surface area contributed by atoms with Gasteiger partial charge in [0.05, 0.1) is 0 Å². The molecule has 1 aliphatic heterocycles. The lowest BCUT2D eigenvalue weighted by atomic mass is 9.97. The van der Waals surface area contributed by atoms with Crippen LogP contribution in [0.4, 0.5) is 5.69 Å². The van der Waals surface area contributed by atoms with Crippen molar-refractivity contribution in [1.29, 1.82) is 0 Å². The van der Waals surface area contributed by atoms with Crippen LogP contribution >= 0.6 is 0 Å². The topological polar surface area (TPSA) is 75.4 Å². The molecule has 0 bridgehead atoms. The minimum absolute atomic E-state index is 0.221. The molecule has 7 nitrogen and oxygen atoms in total. The van der Waals surface area contributed by atoms with Crippen molar-refractivity contribution in [2.24, 2.45) is 0 Å². The average Bonchev–Trinajstić information content (AvgIpc) is 3.02. The third kappa shape index (κ3) is 2.87. The molecule has 0 saturated carbocycles. The van der Waals surface area contributed by atoms with Gasteiger partial charge in [-0.05, 0) is 49.2 Å². The van der Waals surface area contributed by atoms with Gasteiger partial charge in [0.1, 0.15) is 5.69 Å². The summed E-state index contributed by atoms with van der Waals surface area (Å²) in [5.74, 6) is 0.433. The van der Waals surface area contributed by atoms with E-state index in [0.29, 0.717) is 17.2 Å². The number of fused-ring (bicyclic) bond motifs is 2. The number of likely N-dealkylation sites (N-methyl/N-ethyl adjacent to an activating group) is 1. The molecule has 0 aliphatic carbocycles. The second-order valence-corrected chi connectivity index (χ2v) is 6.25. The summed E-state index contributed by atoms with van der Waals surface area (Å²) < 4.78 is 1.58. The summed E-state index contributed by atoms with van der Waals surface area (Å²) in [4.78, 5) is 15.1. The maximum Gasteiger partial charge on any atom is 0.276 e. The van der Waals surface area contributed by atoms with Crippen LogP contribution in [0.15, 0.2) is 30.3 Å². The molecule has 25 heavy (non-hydrogen) atoms. The summed E-state index contributed by atoms with van der Waals surface area (Å²) in [7, 11) is 0. The standard InChI is InChI=1S/C18H20N6O/c1-3-23-10-9-14-13(11-23)5-4-6-15(14)19-18(25)16-7-8-17-21-20-12(2)24(17)22-16/h4-8H,3,9-11H2,1-2H3,(H,19,25). The fourth-order valence-electron chi connectivity index (χ4n) is 3.26. The number of hydrogen-bond donors (Lipinski definition) is 1. The predicted molar refractivity (Wildman–Crippen MR) is 94.6 cm³/mol. The van der Waals surface area contributed by atoms with Crippen LogP contribution in [0.1, 0.15) is 34.4 Å². The molecule has 1 N–H and O–H groups in total. The number of nitrogens with zero attached hydrogens (tertiary/aromatic N) is 5. The zero-order valence-corrected chi connectivity index (χ0v) is 14.4. The Kier molecular flexibility index (Phi) is 3.93. The summed E-state index contributed by atoms with van der Waals surface area (Å²) in [5, 5.41) is 15.3. The van der Waals surface area contributed by atoms with Gasteiger partial charge >= 0.3 is 0 Å². The number of benzene rings is 1. The van der Waals surface area contributed by atoms with Crippen LogP contribution in [-0.2, 0) is 13.0 Å². The fourth-order valence-corrected chi connectivity index (χ4v) is 3.26. The van der Waals surface area contributed by atoms with E-state index < -0.39 is 0 Å². The zero-order chi connectivity index (χ0) is 17.4. The van der Waals surface area contributed by atoms with E-state index in [2.05, 4.69) is 38.5 Å². The summed E-state index contributed by atoms with van der Waals surface area (Å²) in [6.45, 7) is 6.96. The highest BCUT2D eigenvalue weighted by Crippen LogP contribution is 2.26. The van der Waals surface area contributed by atoms with Crippen LogP contribution in [0.25, 0.3) is 5.65 Å². The number of carbonyl (C=O) groups excluding carboxylic acids is 1. The highest BCUT2D eigenvalue weighted by molar-refractivity contribution is 6.03. The van der Waals surface area contributed by atoms with Gasteiger partial charge in [-0.1, -0.05) is 19.1 Å². The van der Waals surface area contributed by atoms with Gasteiger partial charge < -0.3 is 5.32 Å². The molecule has 2 aromatic heterocycles. The third-order valence-corrected chi connectivity index (χ3v) is 4.69. The highest BCUT2D eigenvalue weighted by Gasteiger charge is 2.19. The van der Waals surface area contributed by atoms with E-state index in [9.17, 15) is 4.79 Å². The van der Waals surface area contributed by atoms with Crippen LogP contribution < -0.4 is 5.32 Å². The second-order valence-electron chi connectivity index (χ2n) is 6.25. The molecule has 1 aliphatic rings. The van der Waals surface area contributed by atoms with E-state index in [1.807, 2.05) is 19.1 Å². The van der Waals surface area contributed by atoms with Crippen molar-refractivity contribution in [3.05, 3.63) is 53.0 Å². The lowest BCUT2D eigenvalue weighted by Crippen LogP contribution is -2.31. The van der Waals surface area contributed by atoms with Crippen LogP contribution in [0.5, 0.6) is 0 Å². The van der Waals surface area contributed by atoms with Crippen molar-refractivity contribution < 1.29 is 4.79 Å². The molecular formula is C18H20N6O. The fraction of sp³-hybridized carbons (Fsp3) is 0.333. The number of aryl methyl sites for hydroxylation is 1. The average molecular weight is 336 g/mol. The molecule has 7 heteroatoms. The Labute approximate surface area is 145 Å². The van der Waals surface area contributed by atoms with E-state index in [4.69, 9.17) is 0 Å². The first-order valence-electron chi connectivity index (χ1n) is 8.49. The van der Waals surface area contributed by atoms with Crippen molar-refractivity contribution in [2.75, 3.05) is 18.4 Å². The van der Waals surface area contributed by atoms with Crippen molar-refractivity contribution in [2.45, 2.75) is 26.8 Å². The largest absolute Gasteiger partial charge is 0.320 e. The van der Waals surface area contributed by atoms with Crippen molar-refractivity contribution in [3.63, 3.8) is 0 Å². The van der Waals surface area contributed by atoms with Crippen molar-refractivity contribution >= 4 is 17.2 Å². The molecule has 0 spiro atoms. The van der Waals surface area contributed by atoms with Gasteiger partial charge in [0.15, 0.2) is 11.5 Å². The summed E-state index contributed by atoms with van der Waals surface area (Å²) in [6.07, 6.45) is 0.941. The molecule has 0 unspecified atom stereocenters. The van der Waals surface area contributed by atoms with E-state index in [1.165, 1.54) is 11.1 Å². The SMILES string of the molecule is CCN1CCc2c(cccc2NC(=O)c2ccc3nnc(C)n3n2)C1. The minimum atomic E-state index is -0.221. The lowest BCUT2D eigenvalue weighted by Gasteiger charge is -2.29. The Hall–Kier alpha value is -2.80. The maximum absolute atomic E-state index is 12.7. The predicted octanol–water partition coefficient (Wildman–Crippen LogP) is 2.06. The molecule has 0 atom stereocenters. The molecule has 3 heterocycles. The highest BCUT2D eigenvalue weighted by atomic mass is 16.1. The number of nitrogens with one attached hydrogen (secondary N) is 1. The molecular weight excluding hydrogens is 316 g/mol. The van der Waals surface area contributed by atoms with Crippen LogP contribution in [0.3, 0.4) is 0 Å². The minimum Gasteiger partial charge on any atom is -0.320 e. The lowest BCUT2D eigenvalue weighted by molar-refractivity contribution is 0.102. The first kappa shape index (κ1) is 15.7.